The van der Waals surface area contributed by atoms with E-state index in [0.29, 0.717) is 11.6 Å². The molecule has 0 unspecified atom stereocenters. The molecule has 0 radical (unpaired) electrons. The maximum Gasteiger partial charge on any atom is 0.257 e. The first kappa shape index (κ1) is 13.9. The minimum absolute atomic E-state index is 0.0769. The van der Waals surface area contributed by atoms with E-state index in [1.165, 1.54) is 5.56 Å². The van der Waals surface area contributed by atoms with Crippen LogP contribution < -0.4 is 5.56 Å². The molecule has 2 N–H and O–H groups in total. The lowest BCUT2D eigenvalue weighted by molar-refractivity contribution is 0.554. The smallest absolute Gasteiger partial charge is 0.257 e. The quantitative estimate of drug-likeness (QED) is 0.713. The number of aromatic nitrogens is 3. The van der Waals surface area contributed by atoms with Gasteiger partial charge < -0.3 is 9.97 Å². The highest BCUT2D eigenvalue weighted by molar-refractivity contribution is 6.02. The van der Waals surface area contributed by atoms with Gasteiger partial charge in [-0.25, -0.2) is 4.98 Å². The standard InChI is InChI=1S/C17H21N3O/c1-9(2)10-6-7-11-12(8-10)15(21)19-14-13(11)18-16(20-14)17(3,4)5/h6-9H,1-5H3,(H2,18,19,20,21). The number of hydrogen-bond donors (Lipinski definition) is 2. The van der Waals surface area contributed by atoms with Crippen molar-refractivity contribution in [2.24, 2.45) is 0 Å². The number of hydrogen-bond acceptors (Lipinski definition) is 2. The number of nitrogens with one attached hydrogen (secondary N) is 2. The van der Waals surface area contributed by atoms with Crippen molar-refractivity contribution in [1.29, 1.82) is 0 Å². The molecule has 0 bridgehead atoms. The second-order valence-electron chi connectivity index (χ2n) is 6.97. The highest BCUT2D eigenvalue weighted by atomic mass is 16.1. The Balaban J connectivity index is 2.38. The van der Waals surface area contributed by atoms with Crippen LogP contribution in [0.5, 0.6) is 0 Å². The molecule has 4 heteroatoms. The number of rotatable bonds is 1. The van der Waals surface area contributed by atoms with Crippen LogP contribution in [-0.4, -0.2) is 15.0 Å². The highest BCUT2D eigenvalue weighted by Crippen LogP contribution is 2.26. The normalized spacial score (nSPS) is 12.7. The first-order chi connectivity index (χ1) is 9.77. The molecule has 0 aliphatic rings. The fraction of sp³-hybridized carbons (Fsp3) is 0.412. The Morgan fingerprint density at radius 2 is 1.81 bits per heavy atom. The molecule has 2 aromatic heterocycles. The molecule has 0 fully saturated rings. The second kappa shape index (κ2) is 4.45. The van der Waals surface area contributed by atoms with Crippen LogP contribution in [0.4, 0.5) is 0 Å². The van der Waals surface area contributed by atoms with Crippen molar-refractivity contribution in [2.75, 3.05) is 0 Å². The minimum atomic E-state index is -0.0832. The zero-order chi connectivity index (χ0) is 15.4. The Bertz CT molecular complexity index is 879. The summed E-state index contributed by atoms with van der Waals surface area (Å²) in [6.07, 6.45) is 0. The Kier molecular flexibility index (Phi) is 2.94. The van der Waals surface area contributed by atoms with Gasteiger partial charge >= 0.3 is 0 Å². The maximum absolute atomic E-state index is 12.3. The molecular weight excluding hydrogens is 262 g/mol. The number of H-pyrrole nitrogens is 2. The molecule has 0 aliphatic heterocycles. The van der Waals surface area contributed by atoms with Gasteiger partial charge in [0.05, 0.1) is 5.52 Å². The van der Waals surface area contributed by atoms with Gasteiger partial charge in [-0.1, -0.05) is 46.8 Å². The summed E-state index contributed by atoms with van der Waals surface area (Å²) >= 11 is 0. The third-order valence-corrected chi connectivity index (χ3v) is 3.87. The van der Waals surface area contributed by atoms with Crippen molar-refractivity contribution in [3.8, 4) is 0 Å². The number of benzene rings is 1. The Labute approximate surface area is 123 Å². The van der Waals surface area contributed by atoms with Crippen molar-refractivity contribution < 1.29 is 0 Å². The van der Waals surface area contributed by atoms with Crippen LogP contribution in [0.2, 0.25) is 0 Å². The predicted octanol–water partition coefficient (Wildman–Crippen LogP) is 3.83. The van der Waals surface area contributed by atoms with Crippen LogP contribution in [0, 0.1) is 0 Å². The van der Waals surface area contributed by atoms with Crippen LogP contribution in [0.25, 0.3) is 21.9 Å². The zero-order valence-corrected chi connectivity index (χ0v) is 13.2. The Morgan fingerprint density at radius 1 is 1.10 bits per heavy atom. The molecule has 21 heavy (non-hydrogen) atoms. The third-order valence-electron chi connectivity index (χ3n) is 3.87. The van der Waals surface area contributed by atoms with E-state index < -0.39 is 0 Å². The number of pyridine rings is 1. The summed E-state index contributed by atoms with van der Waals surface area (Å²) in [4.78, 5) is 23.1. The minimum Gasteiger partial charge on any atom is -0.340 e. The summed E-state index contributed by atoms with van der Waals surface area (Å²) in [6, 6.07) is 6.09. The predicted molar refractivity (Wildman–Crippen MR) is 87.0 cm³/mol. The molecule has 2 heterocycles. The molecule has 1 aromatic carbocycles. The summed E-state index contributed by atoms with van der Waals surface area (Å²) in [5.41, 5.74) is 2.55. The van der Waals surface area contributed by atoms with Crippen LogP contribution >= 0.6 is 0 Å². The number of imidazole rings is 1. The Hall–Kier alpha value is -2.10. The van der Waals surface area contributed by atoms with Crippen molar-refractivity contribution in [2.45, 2.75) is 46.0 Å². The lowest BCUT2D eigenvalue weighted by atomic mass is 9.96. The summed E-state index contributed by atoms with van der Waals surface area (Å²) in [5.74, 6) is 1.28. The average Bonchev–Trinajstić information content (AvgIpc) is 2.82. The van der Waals surface area contributed by atoms with Gasteiger partial charge in [-0.2, -0.15) is 0 Å². The summed E-state index contributed by atoms with van der Waals surface area (Å²) < 4.78 is 0. The van der Waals surface area contributed by atoms with Crippen LogP contribution in [0.3, 0.4) is 0 Å². The fourth-order valence-corrected chi connectivity index (χ4v) is 2.52. The number of nitrogens with zero attached hydrogens (tertiary/aromatic N) is 1. The van der Waals surface area contributed by atoms with Gasteiger partial charge in [0.15, 0.2) is 5.65 Å². The van der Waals surface area contributed by atoms with E-state index in [4.69, 9.17) is 0 Å². The summed E-state index contributed by atoms with van der Waals surface area (Å²) in [6.45, 7) is 10.6. The zero-order valence-electron chi connectivity index (χ0n) is 13.2. The van der Waals surface area contributed by atoms with Gasteiger partial charge in [-0.05, 0) is 17.5 Å². The van der Waals surface area contributed by atoms with E-state index in [1.54, 1.807) is 0 Å². The van der Waals surface area contributed by atoms with E-state index in [0.717, 1.165) is 22.1 Å². The van der Waals surface area contributed by atoms with E-state index in [1.807, 2.05) is 12.1 Å². The number of aromatic amines is 2. The van der Waals surface area contributed by atoms with Gasteiger partial charge in [0, 0.05) is 16.2 Å². The molecule has 3 rings (SSSR count). The van der Waals surface area contributed by atoms with Crippen molar-refractivity contribution in [1.82, 2.24) is 15.0 Å². The van der Waals surface area contributed by atoms with Gasteiger partial charge in [0.2, 0.25) is 0 Å². The molecule has 0 amide bonds. The largest absolute Gasteiger partial charge is 0.340 e. The fourth-order valence-electron chi connectivity index (χ4n) is 2.52. The van der Waals surface area contributed by atoms with Crippen LogP contribution in [0.1, 0.15) is 51.9 Å². The van der Waals surface area contributed by atoms with E-state index in [9.17, 15) is 4.79 Å². The topological polar surface area (TPSA) is 61.5 Å². The van der Waals surface area contributed by atoms with Crippen molar-refractivity contribution in [3.63, 3.8) is 0 Å². The second-order valence-corrected chi connectivity index (χ2v) is 6.97. The molecular formula is C17H21N3O. The monoisotopic (exact) mass is 283 g/mol. The molecule has 0 saturated carbocycles. The van der Waals surface area contributed by atoms with Crippen LogP contribution in [0.15, 0.2) is 23.0 Å². The third kappa shape index (κ3) is 2.24. The van der Waals surface area contributed by atoms with E-state index >= 15 is 0 Å². The first-order valence-corrected chi connectivity index (χ1v) is 7.33. The highest BCUT2D eigenvalue weighted by Gasteiger charge is 2.20. The molecule has 0 aliphatic carbocycles. The summed E-state index contributed by atoms with van der Waals surface area (Å²) in [7, 11) is 0. The lowest BCUT2D eigenvalue weighted by Crippen LogP contribution is -2.13. The molecule has 3 aromatic rings. The molecule has 0 spiro atoms. The summed E-state index contributed by atoms with van der Waals surface area (Å²) in [5, 5.41) is 1.65. The molecule has 4 nitrogen and oxygen atoms in total. The molecule has 110 valence electrons. The maximum atomic E-state index is 12.3. The first-order valence-electron chi connectivity index (χ1n) is 7.33. The van der Waals surface area contributed by atoms with Gasteiger partial charge in [-0.3, -0.25) is 4.79 Å². The van der Waals surface area contributed by atoms with Gasteiger partial charge in [-0.15, -0.1) is 0 Å². The molecule has 0 saturated heterocycles. The molecule has 0 atom stereocenters. The average molecular weight is 283 g/mol. The Morgan fingerprint density at radius 3 is 2.43 bits per heavy atom. The van der Waals surface area contributed by atoms with Crippen molar-refractivity contribution in [3.05, 3.63) is 39.9 Å². The van der Waals surface area contributed by atoms with Gasteiger partial charge in [0.1, 0.15) is 5.82 Å². The van der Waals surface area contributed by atoms with E-state index in [2.05, 4.69) is 55.6 Å². The van der Waals surface area contributed by atoms with Gasteiger partial charge in [0.25, 0.3) is 5.56 Å². The SMILES string of the molecule is CC(C)c1ccc2c(c1)c(=O)[nH]c1nc(C(C)(C)C)[nH]c12. The van der Waals surface area contributed by atoms with E-state index in [-0.39, 0.29) is 11.0 Å². The van der Waals surface area contributed by atoms with Crippen molar-refractivity contribution >= 4 is 21.9 Å². The van der Waals surface area contributed by atoms with Crippen LogP contribution in [-0.2, 0) is 5.41 Å². The number of fused-ring (bicyclic) bond motifs is 3. The lowest BCUT2D eigenvalue weighted by Gasteiger charge is -2.13.